The first-order valence-corrected chi connectivity index (χ1v) is 7.83. The van der Waals surface area contributed by atoms with Crippen LogP contribution < -0.4 is 0 Å². The molecule has 1 heterocycles. The molecule has 0 aliphatic carbocycles. The molecule has 1 aliphatic heterocycles. The molecule has 120 valence electrons. The fourth-order valence-electron chi connectivity index (χ4n) is 2.86. The molecule has 0 spiro atoms. The number of esters is 1. The highest BCUT2D eigenvalue weighted by Crippen LogP contribution is 2.21. The molecule has 2 atom stereocenters. The van der Waals surface area contributed by atoms with E-state index in [9.17, 15) is 14.7 Å². The van der Waals surface area contributed by atoms with Gasteiger partial charge in [-0.05, 0) is 50.8 Å². The Bertz CT molecular complexity index is 543. The number of nitrogens with zero attached hydrogens (tertiary/aromatic N) is 1. The number of rotatable bonds is 4. The number of likely N-dealkylation sites (tertiary alicyclic amines) is 1. The molecule has 0 bridgehead atoms. The van der Waals surface area contributed by atoms with Crippen LogP contribution in [0.15, 0.2) is 24.3 Å². The summed E-state index contributed by atoms with van der Waals surface area (Å²) in [5.41, 5.74) is 0.241. The van der Waals surface area contributed by atoms with E-state index in [-0.39, 0.29) is 23.3 Å². The maximum absolute atomic E-state index is 12.5. The molecule has 5 heteroatoms. The molecule has 1 aliphatic rings. The Kier molecular flexibility index (Phi) is 5.41. The van der Waals surface area contributed by atoms with Crippen LogP contribution in [0.25, 0.3) is 0 Å². The number of hydrogen-bond acceptors (Lipinski definition) is 4. The highest BCUT2D eigenvalue weighted by atomic mass is 16.5. The fraction of sp³-hybridized carbons (Fsp3) is 0.529. The SMILES string of the molecule is CCC1CCCCN1C(=O)C(C)OC(=O)c1cccc(O)c1. The molecule has 1 amide bonds. The van der Waals surface area contributed by atoms with Gasteiger partial charge in [0.1, 0.15) is 5.75 Å². The summed E-state index contributed by atoms with van der Waals surface area (Å²) in [6, 6.07) is 6.16. The number of amides is 1. The minimum Gasteiger partial charge on any atom is -0.508 e. The van der Waals surface area contributed by atoms with Crippen LogP contribution >= 0.6 is 0 Å². The lowest BCUT2D eigenvalue weighted by Gasteiger charge is -2.36. The third kappa shape index (κ3) is 3.78. The van der Waals surface area contributed by atoms with Crippen LogP contribution in [-0.4, -0.2) is 40.6 Å². The van der Waals surface area contributed by atoms with Gasteiger partial charge < -0.3 is 14.7 Å². The van der Waals surface area contributed by atoms with E-state index in [2.05, 4.69) is 6.92 Å². The quantitative estimate of drug-likeness (QED) is 0.869. The highest BCUT2D eigenvalue weighted by molar-refractivity contribution is 5.92. The number of phenolic OH excluding ortho intramolecular Hbond substituents is 1. The summed E-state index contributed by atoms with van der Waals surface area (Å²) in [6.07, 6.45) is 3.24. The predicted molar refractivity (Wildman–Crippen MR) is 82.6 cm³/mol. The van der Waals surface area contributed by atoms with Gasteiger partial charge in [-0.25, -0.2) is 4.79 Å². The zero-order valence-electron chi connectivity index (χ0n) is 13.1. The molecule has 1 N–H and O–H groups in total. The van der Waals surface area contributed by atoms with E-state index < -0.39 is 12.1 Å². The zero-order chi connectivity index (χ0) is 16.1. The first-order valence-electron chi connectivity index (χ1n) is 7.83. The van der Waals surface area contributed by atoms with Crippen LogP contribution in [0.2, 0.25) is 0 Å². The van der Waals surface area contributed by atoms with Gasteiger partial charge in [0.25, 0.3) is 5.91 Å². The monoisotopic (exact) mass is 305 g/mol. The molecule has 1 aromatic rings. The van der Waals surface area contributed by atoms with E-state index in [0.29, 0.717) is 0 Å². The van der Waals surface area contributed by atoms with Crippen molar-refractivity contribution in [1.29, 1.82) is 0 Å². The molecule has 1 aromatic carbocycles. The standard InChI is InChI=1S/C17H23NO4/c1-3-14-8-4-5-10-18(14)16(20)12(2)22-17(21)13-7-6-9-15(19)11-13/h6-7,9,11-12,14,19H,3-5,8,10H2,1-2H3. The van der Waals surface area contributed by atoms with E-state index in [1.54, 1.807) is 19.1 Å². The number of carbonyl (C=O) groups is 2. The summed E-state index contributed by atoms with van der Waals surface area (Å²) in [6.45, 7) is 4.40. The third-order valence-electron chi connectivity index (χ3n) is 4.09. The summed E-state index contributed by atoms with van der Waals surface area (Å²) < 4.78 is 5.26. The second-order valence-electron chi connectivity index (χ2n) is 5.69. The molecular formula is C17H23NO4. The maximum Gasteiger partial charge on any atom is 0.339 e. The van der Waals surface area contributed by atoms with Crippen molar-refractivity contribution < 1.29 is 19.4 Å². The zero-order valence-corrected chi connectivity index (χ0v) is 13.1. The molecule has 0 saturated carbocycles. The van der Waals surface area contributed by atoms with E-state index in [0.717, 1.165) is 32.2 Å². The number of phenols is 1. The van der Waals surface area contributed by atoms with Crippen LogP contribution in [0.5, 0.6) is 5.75 Å². The summed E-state index contributed by atoms with van der Waals surface area (Å²) in [7, 11) is 0. The average molecular weight is 305 g/mol. The van der Waals surface area contributed by atoms with E-state index in [4.69, 9.17) is 4.74 Å². The first kappa shape index (κ1) is 16.3. The summed E-state index contributed by atoms with van der Waals surface area (Å²) in [5, 5.41) is 9.39. The Morgan fingerprint density at radius 3 is 2.86 bits per heavy atom. The number of ether oxygens (including phenoxy) is 1. The molecular weight excluding hydrogens is 282 g/mol. The van der Waals surface area contributed by atoms with Crippen LogP contribution in [0.4, 0.5) is 0 Å². The molecule has 2 unspecified atom stereocenters. The predicted octanol–water partition coefficient (Wildman–Crippen LogP) is 2.73. The molecule has 1 fully saturated rings. The normalized spacial score (nSPS) is 19.5. The van der Waals surface area contributed by atoms with Crippen molar-refractivity contribution in [3.8, 4) is 5.75 Å². The number of benzene rings is 1. The summed E-state index contributed by atoms with van der Waals surface area (Å²) in [5.74, 6) is -0.739. The number of hydrogen-bond donors (Lipinski definition) is 1. The highest BCUT2D eigenvalue weighted by Gasteiger charge is 2.30. The lowest BCUT2D eigenvalue weighted by Crippen LogP contribution is -2.48. The van der Waals surface area contributed by atoms with Crippen molar-refractivity contribution in [3.63, 3.8) is 0 Å². The van der Waals surface area contributed by atoms with Gasteiger partial charge in [0, 0.05) is 12.6 Å². The van der Waals surface area contributed by atoms with Crippen molar-refractivity contribution in [2.24, 2.45) is 0 Å². The summed E-state index contributed by atoms with van der Waals surface area (Å²) in [4.78, 5) is 26.4. The van der Waals surface area contributed by atoms with Crippen LogP contribution in [0.1, 0.15) is 49.9 Å². The van der Waals surface area contributed by atoms with E-state index >= 15 is 0 Å². The number of aromatic hydroxyl groups is 1. The van der Waals surface area contributed by atoms with E-state index in [1.807, 2.05) is 4.90 Å². The van der Waals surface area contributed by atoms with Crippen LogP contribution in [-0.2, 0) is 9.53 Å². The lowest BCUT2D eigenvalue weighted by molar-refractivity contribution is -0.143. The van der Waals surface area contributed by atoms with Gasteiger partial charge in [0.05, 0.1) is 5.56 Å². The minimum absolute atomic E-state index is 0.00416. The van der Waals surface area contributed by atoms with Gasteiger partial charge >= 0.3 is 5.97 Å². The number of carbonyl (C=O) groups excluding carboxylic acids is 2. The largest absolute Gasteiger partial charge is 0.508 e. The van der Waals surface area contributed by atoms with Crippen molar-refractivity contribution in [2.75, 3.05) is 6.54 Å². The van der Waals surface area contributed by atoms with Crippen molar-refractivity contribution in [1.82, 2.24) is 4.90 Å². The van der Waals surface area contributed by atoms with E-state index in [1.165, 1.54) is 12.1 Å². The van der Waals surface area contributed by atoms with Gasteiger partial charge in [-0.1, -0.05) is 13.0 Å². The van der Waals surface area contributed by atoms with Crippen molar-refractivity contribution >= 4 is 11.9 Å². The van der Waals surface area contributed by atoms with Crippen molar-refractivity contribution in [2.45, 2.75) is 51.7 Å². The second kappa shape index (κ2) is 7.29. The molecule has 22 heavy (non-hydrogen) atoms. The third-order valence-corrected chi connectivity index (χ3v) is 4.09. The molecule has 5 nitrogen and oxygen atoms in total. The smallest absolute Gasteiger partial charge is 0.339 e. The van der Waals surface area contributed by atoms with Gasteiger partial charge in [-0.15, -0.1) is 0 Å². The topological polar surface area (TPSA) is 66.8 Å². The molecule has 2 rings (SSSR count). The molecule has 1 saturated heterocycles. The fourth-order valence-corrected chi connectivity index (χ4v) is 2.86. The molecule has 0 aromatic heterocycles. The number of piperidine rings is 1. The van der Waals surface area contributed by atoms with Gasteiger partial charge in [-0.2, -0.15) is 0 Å². The Labute approximate surface area is 130 Å². The van der Waals surface area contributed by atoms with Crippen molar-refractivity contribution in [3.05, 3.63) is 29.8 Å². The maximum atomic E-state index is 12.5. The Balaban J connectivity index is 2.00. The lowest BCUT2D eigenvalue weighted by atomic mass is 9.99. The van der Waals surface area contributed by atoms with Gasteiger partial charge in [-0.3, -0.25) is 4.79 Å². The first-order chi connectivity index (χ1) is 10.5. The van der Waals surface area contributed by atoms with Gasteiger partial charge in [0.2, 0.25) is 0 Å². The minimum atomic E-state index is -0.818. The Morgan fingerprint density at radius 2 is 2.18 bits per heavy atom. The summed E-state index contributed by atoms with van der Waals surface area (Å²) >= 11 is 0. The van der Waals surface area contributed by atoms with Gasteiger partial charge in [0.15, 0.2) is 6.10 Å². The van der Waals surface area contributed by atoms with Crippen LogP contribution in [0, 0.1) is 0 Å². The Hall–Kier alpha value is -2.04. The molecule has 0 radical (unpaired) electrons. The van der Waals surface area contributed by atoms with Crippen LogP contribution in [0.3, 0.4) is 0 Å². The Morgan fingerprint density at radius 1 is 1.41 bits per heavy atom. The average Bonchev–Trinajstić information content (AvgIpc) is 2.54. The second-order valence-corrected chi connectivity index (χ2v) is 5.69.